The van der Waals surface area contributed by atoms with E-state index in [2.05, 4.69) is 62.5 Å². The highest BCUT2D eigenvalue weighted by Crippen LogP contribution is 2.26. The lowest BCUT2D eigenvalue weighted by Crippen LogP contribution is -2.23. The summed E-state index contributed by atoms with van der Waals surface area (Å²) in [5.74, 6) is 0.569. The highest BCUT2D eigenvalue weighted by Gasteiger charge is 2.13. The standard InChI is InChI=1S/C19H27NS/c1-4-11-20-14-17(16-8-6-7-15(3)12-16)13-19-10-9-18(5-2)21-19/h6-10,12,17,20H,4-5,11,13-14H2,1-3H3. The average Bonchev–Trinajstić information content (AvgIpc) is 2.94. The quantitative estimate of drug-likeness (QED) is 0.681. The minimum atomic E-state index is 0.569. The van der Waals surface area contributed by atoms with Crippen LogP contribution in [0.15, 0.2) is 36.4 Å². The van der Waals surface area contributed by atoms with Gasteiger partial charge >= 0.3 is 0 Å². The van der Waals surface area contributed by atoms with Crippen LogP contribution in [0.4, 0.5) is 0 Å². The Bertz CT molecular complexity index is 544. The van der Waals surface area contributed by atoms with Gasteiger partial charge in [-0.3, -0.25) is 0 Å². The number of aryl methyl sites for hydroxylation is 2. The van der Waals surface area contributed by atoms with Gasteiger partial charge in [-0.2, -0.15) is 0 Å². The van der Waals surface area contributed by atoms with E-state index in [1.807, 2.05) is 11.3 Å². The maximum absolute atomic E-state index is 3.60. The number of thiophene rings is 1. The smallest absolute Gasteiger partial charge is 0.00547 e. The molecule has 21 heavy (non-hydrogen) atoms. The van der Waals surface area contributed by atoms with Crippen molar-refractivity contribution in [3.05, 3.63) is 57.3 Å². The van der Waals surface area contributed by atoms with E-state index in [-0.39, 0.29) is 0 Å². The molecule has 2 heteroatoms. The zero-order valence-electron chi connectivity index (χ0n) is 13.5. The van der Waals surface area contributed by atoms with Crippen LogP contribution in [0.3, 0.4) is 0 Å². The molecular formula is C19H27NS. The third kappa shape index (κ3) is 4.98. The van der Waals surface area contributed by atoms with Crippen molar-refractivity contribution in [3.63, 3.8) is 0 Å². The lowest BCUT2D eigenvalue weighted by Gasteiger charge is -2.18. The Kier molecular flexibility index (Phi) is 6.47. The number of benzene rings is 1. The van der Waals surface area contributed by atoms with Gasteiger partial charge in [0.2, 0.25) is 0 Å². The monoisotopic (exact) mass is 301 g/mol. The zero-order chi connectivity index (χ0) is 15.1. The van der Waals surface area contributed by atoms with Gasteiger partial charge in [0.1, 0.15) is 0 Å². The van der Waals surface area contributed by atoms with Gasteiger partial charge < -0.3 is 5.32 Å². The van der Waals surface area contributed by atoms with Gasteiger partial charge in [-0.15, -0.1) is 11.3 Å². The van der Waals surface area contributed by atoms with Gasteiger partial charge in [0, 0.05) is 22.2 Å². The first kappa shape index (κ1) is 16.3. The third-order valence-corrected chi connectivity index (χ3v) is 5.10. The second kappa shape index (κ2) is 8.35. The lowest BCUT2D eigenvalue weighted by molar-refractivity contribution is 0.579. The maximum Gasteiger partial charge on any atom is 0.00547 e. The lowest BCUT2D eigenvalue weighted by atomic mass is 9.93. The molecule has 1 N–H and O–H groups in total. The molecule has 2 aromatic rings. The van der Waals surface area contributed by atoms with E-state index in [1.165, 1.54) is 27.3 Å². The van der Waals surface area contributed by atoms with Gasteiger partial charge in [0.25, 0.3) is 0 Å². The van der Waals surface area contributed by atoms with Crippen molar-refractivity contribution >= 4 is 11.3 Å². The number of nitrogens with one attached hydrogen (secondary N) is 1. The number of rotatable bonds is 8. The Labute approximate surface area is 133 Å². The van der Waals surface area contributed by atoms with E-state index in [0.29, 0.717) is 5.92 Å². The van der Waals surface area contributed by atoms with Crippen LogP contribution >= 0.6 is 11.3 Å². The van der Waals surface area contributed by atoms with Crippen LogP contribution < -0.4 is 5.32 Å². The van der Waals surface area contributed by atoms with Crippen LogP contribution in [0, 0.1) is 6.92 Å². The topological polar surface area (TPSA) is 12.0 Å². The van der Waals surface area contributed by atoms with E-state index < -0.39 is 0 Å². The van der Waals surface area contributed by atoms with Crippen molar-refractivity contribution in [1.29, 1.82) is 0 Å². The normalized spacial score (nSPS) is 12.5. The highest BCUT2D eigenvalue weighted by atomic mass is 32.1. The summed E-state index contributed by atoms with van der Waals surface area (Å²) in [5, 5.41) is 3.60. The molecule has 1 nitrogen and oxygen atoms in total. The molecule has 0 fully saturated rings. The minimum Gasteiger partial charge on any atom is -0.316 e. The Hall–Kier alpha value is -1.12. The first-order valence-corrected chi connectivity index (χ1v) is 8.89. The second-order valence-electron chi connectivity index (χ2n) is 5.74. The summed E-state index contributed by atoms with van der Waals surface area (Å²) >= 11 is 1.97. The first-order chi connectivity index (χ1) is 10.2. The average molecular weight is 301 g/mol. The van der Waals surface area contributed by atoms with E-state index in [9.17, 15) is 0 Å². The molecule has 1 heterocycles. The van der Waals surface area contributed by atoms with Gasteiger partial charge in [0.15, 0.2) is 0 Å². The molecule has 1 aromatic heterocycles. The minimum absolute atomic E-state index is 0.569. The van der Waals surface area contributed by atoms with Crippen molar-refractivity contribution in [3.8, 4) is 0 Å². The molecular weight excluding hydrogens is 274 g/mol. The van der Waals surface area contributed by atoms with Gasteiger partial charge in [0.05, 0.1) is 0 Å². The van der Waals surface area contributed by atoms with Crippen LogP contribution in [0.2, 0.25) is 0 Å². The largest absolute Gasteiger partial charge is 0.316 e. The van der Waals surface area contributed by atoms with Crippen molar-refractivity contribution < 1.29 is 0 Å². The SMILES string of the molecule is CCCNCC(Cc1ccc(CC)s1)c1cccc(C)c1. The van der Waals surface area contributed by atoms with Crippen LogP contribution in [-0.4, -0.2) is 13.1 Å². The fourth-order valence-corrected chi connectivity index (χ4v) is 3.69. The van der Waals surface area contributed by atoms with Crippen LogP contribution in [-0.2, 0) is 12.8 Å². The molecule has 2 rings (SSSR count). The molecule has 0 radical (unpaired) electrons. The van der Waals surface area contributed by atoms with Crippen LogP contribution in [0.25, 0.3) is 0 Å². The van der Waals surface area contributed by atoms with Crippen molar-refractivity contribution in [2.45, 2.75) is 46.0 Å². The summed E-state index contributed by atoms with van der Waals surface area (Å²) in [6.07, 6.45) is 3.48. The molecule has 114 valence electrons. The predicted octanol–water partition coefficient (Wildman–Crippen LogP) is 4.94. The molecule has 0 bridgehead atoms. The van der Waals surface area contributed by atoms with Gasteiger partial charge in [-0.25, -0.2) is 0 Å². The molecule has 0 aliphatic heterocycles. The van der Waals surface area contributed by atoms with E-state index in [4.69, 9.17) is 0 Å². The Morgan fingerprint density at radius 2 is 1.90 bits per heavy atom. The predicted molar refractivity (Wildman–Crippen MR) is 94.5 cm³/mol. The van der Waals surface area contributed by atoms with Crippen molar-refractivity contribution in [2.24, 2.45) is 0 Å². The van der Waals surface area contributed by atoms with Gasteiger partial charge in [-0.1, -0.05) is 43.7 Å². The molecule has 0 aliphatic rings. The summed E-state index contributed by atoms with van der Waals surface area (Å²) in [6.45, 7) is 8.81. The molecule has 1 aromatic carbocycles. The molecule has 0 amide bonds. The highest BCUT2D eigenvalue weighted by molar-refractivity contribution is 7.11. The van der Waals surface area contributed by atoms with Crippen molar-refractivity contribution in [2.75, 3.05) is 13.1 Å². The van der Waals surface area contributed by atoms with Crippen LogP contribution in [0.1, 0.15) is 47.1 Å². The second-order valence-corrected chi connectivity index (χ2v) is 6.99. The summed E-state index contributed by atoms with van der Waals surface area (Å²) in [7, 11) is 0. The van der Waals surface area contributed by atoms with Gasteiger partial charge in [-0.05, 0) is 50.4 Å². The fourth-order valence-electron chi connectivity index (χ4n) is 2.65. The number of hydrogen-bond donors (Lipinski definition) is 1. The fraction of sp³-hybridized carbons (Fsp3) is 0.474. The molecule has 0 spiro atoms. The molecule has 0 saturated heterocycles. The molecule has 1 atom stereocenters. The summed E-state index contributed by atoms with van der Waals surface area (Å²) in [4.78, 5) is 3.01. The molecule has 0 saturated carbocycles. The Morgan fingerprint density at radius 1 is 1.10 bits per heavy atom. The van der Waals surface area contributed by atoms with Crippen LogP contribution in [0.5, 0.6) is 0 Å². The number of hydrogen-bond acceptors (Lipinski definition) is 2. The molecule has 1 unspecified atom stereocenters. The van der Waals surface area contributed by atoms with Crippen molar-refractivity contribution in [1.82, 2.24) is 5.32 Å². The Morgan fingerprint density at radius 3 is 2.57 bits per heavy atom. The molecule has 0 aliphatic carbocycles. The third-order valence-electron chi connectivity index (χ3n) is 3.84. The summed E-state index contributed by atoms with van der Waals surface area (Å²) in [5.41, 5.74) is 2.82. The first-order valence-electron chi connectivity index (χ1n) is 8.07. The van der Waals surface area contributed by atoms with E-state index >= 15 is 0 Å². The maximum atomic E-state index is 3.60. The Balaban J connectivity index is 2.11. The summed E-state index contributed by atoms with van der Waals surface area (Å²) in [6, 6.07) is 13.6. The summed E-state index contributed by atoms with van der Waals surface area (Å²) < 4.78 is 0. The zero-order valence-corrected chi connectivity index (χ0v) is 14.3. The van der Waals surface area contributed by atoms with E-state index in [1.54, 1.807) is 0 Å². The van der Waals surface area contributed by atoms with E-state index in [0.717, 1.165) is 25.9 Å².